The number of amides is 1. The van der Waals surface area contributed by atoms with E-state index >= 15 is 0 Å². The second-order valence-electron chi connectivity index (χ2n) is 4.22. The van der Waals surface area contributed by atoms with Gasteiger partial charge in [-0.2, -0.15) is 0 Å². The molecule has 0 aromatic carbocycles. The van der Waals surface area contributed by atoms with Crippen LogP contribution in [-0.2, 0) is 4.79 Å². The standard InChI is InChI=1S/C11H22N2O/c1-2-10(11(12)14)13-9-7-5-3-4-6-8-9/h9-10,13H,2-8H2,1H3,(H2,12,14). The molecule has 0 aliphatic heterocycles. The van der Waals surface area contributed by atoms with Crippen molar-refractivity contribution in [2.75, 3.05) is 0 Å². The number of hydrogen-bond acceptors (Lipinski definition) is 2. The van der Waals surface area contributed by atoms with Gasteiger partial charge in [0.1, 0.15) is 0 Å². The quantitative estimate of drug-likeness (QED) is 0.674. The Kier molecular flexibility index (Phi) is 4.94. The van der Waals surface area contributed by atoms with Crippen LogP contribution in [0.4, 0.5) is 0 Å². The fourth-order valence-electron chi connectivity index (χ4n) is 2.13. The highest BCUT2D eigenvalue weighted by molar-refractivity contribution is 5.79. The number of carbonyl (C=O) groups excluding carboxylic acids is 1. The Morgan fingerprint density at radius 3 is 2.36 bits per heavy atom. The molecule has 1 saturated carbocycles. The third-order valence-corrected chi connectivity index (χ3v) is 3.04. The summed E-state index contributed by atoms with van der Waals surface area (Å²) in [5.41, 5.74) is 5.30. The van der Waals surface area contributed by atoms with Gasteiger partial charge in [0, 0.05) is 6.04 Å². The Balaban J connectivity index is 2.35. The summed E-state index contributed by atoms with van der Waals surface area (Å²) in [5, 5.41) is 3.37. The van der Waals surface area contributed by atoms with Crippen LogP contribution in [0.1, 0.15) is 51.9 Å². The second kappa shape index (κ2) is 6.02. The van der Waals surface area contributed by atoms with Gasteiger partial charge in [-0.25, -0.2) is 0 Å². The molecular weight excluding hydrogens is 176 g/mol. The van der Waals surface area contributed by atoms with Gasteiger partial charge < -0.3 is 11.1 Å². The Hall–Kier alpha value is -0.570. The number of carbonyl (C=O) groups is 1. The zero-order chi connectivity index (χ0) is 10.4. The molecular formula is C11H22N2O. The minimum absolute atomic E-state index is 0.127. The average Bonchev–Trinajstić information content (AvgIpc) is 2.41. The van der Waals surface area contributed by atoms with Crippen LogP contribution in [0.25, 0.3) is 0 Å². The number of hydrogen-bond donors (Lipinski definition) is 2. The lowest BCUT2D eigenvalue weighted by Gasteiger charge is -2.21. The predicted molar refractivity (Wildman–Crippen MR) is 57.9 cm³/mol. The summed E-state index contributed by atoms with van der Waals surface area (Å²) in [6.45, 7) is 2.00. The molecule has 1 fully saturated rings. The molecule has 82 valence electrons. The molecule has 1 aliphatic carbocycles. The van der Waals surface area contributed by atoms with Gasteiger partial charge in [0.25, 0.3) is 0 Å². The molecule has 0 bridgehead atoms. The van der Waals surface area contributed by atoms with E-state index in [2.05, 4.69) is 5.32 Å². The maximum absolute atomic E-state index is 11.0. The molecule has 0 heterocycles. The van der Waals surface area contributed by atoms with Crippen molar-refractivity contribution in [3.63, 3.8) is 0 Å². The van der Waals surface area contributed by atoms with Crippen molar-refractivity contribution in [3.8, 4) is 0 Å². The van der Waals surface area contributed by atoms with Gasteiger partial charge in [-0.05, 0) is 19.3 Å². The van der Waals surface area contributed by atoms with E-state index in [9.17, 15) is 4.79 Å². The van der Waals surface area contributed by atoms with Crippen LogP contribution in [0.3, 0.4) is 0 Å². The molecule has 0 radical (unpaired) electrons. The van der Waals surface area contributed by atoms with Crippen molar-refractivity contribution in [2.24, 2.45) is 5.73 Å². The van der Waals surface area contributed by atoms with Gasteiger partial charge >= 0.3 is 0 Å². The zero-order valence-corrected chi connectivity index (χ0v) is 9.09. The van der Waals surface area contributed by atoms with Crippen molar-refractivity contribution < 1.29 is 4.79 Å². The second-order valence-corrected chi connectivity index (χ2v) is 4.22. The van der Waals surface area contributed by atoms with E-state index in [4.69, 9.17) is 5.73 Å². The lowest BCUT2D eigenvalue weighted by atomic mass is 10.1. The maximum Gasteiger partial charge on any atom is 0.234 e. The Bertz CT molecular complexity index is 174. The fraction of sp³-hybridized carbons (Fsp3) is 0.909. The van der Waals surface area contributed by atoms with Gasteiger partial charge in [-0.15, -0.1) is 0 Å². The largest absolute Gasteiger partial charge is 0.368 e. The maximum atomic E-state index is 11.0. The first-order valence-electron chi connectivity index (χ1n) is 5.79. The summed E-state index contributed by atoms with van der Waals surface area (Å²) in [5.74, 6) is -0.211. The summed E-state index contributed by atoms with van der Waals surface area (Å²) < 4.78 is 0. The van der Waals surface area contributed by atoms with Crippen LogP contribution in [0.2, 0.25) is 0 Å². The van der Waals surface area contributed by atoms with Crippen LogP contribution in [0.15, 0.2) is 0 Å². The third kappa shape index (κ3) is 3.66. The summed E-state index contributed by atoms with van der Waals surface area (Å²) >= 11 is 0. The van der Waals surface area contributed by atoms with Crippen LogP contribution in [0, 0.1) is 0 Å². The molecule has 14 heavy (non-hydrogen) atoms. The van der Waals surface area contributed by atoms with E-state index < -0.39 is 0 Å². The minimum atomic E-state index is -0.211. The molecule has 1 atom stereocenters. The van der Waals surface area contributed by atoms with Gasteiger partial charge in [0.2, 0.25) is 5.91 Å². The summed E-state index contributed by atoms with van der Waals surface area (Å²) in [6.07, 6.45) is 8.44. The summed E-state index contributed by atoms with van der Waals surface area (Å²) in [6, 6.07) is 0.382. The fourth-order valence-corrected chi connectivity index (χ4v) is 2.13. The third-order valence-electron chi connectivity index (χ3n) is 3.04. The first-order chi connectivity index (χ1) is 6.74. The molecule has 1 rings (SSSR count). The van der Waals surface area contributed by atoms with Gasteiger partial charge in [-0.3, -0.25) is 4.79 Å². The molecule has 0 aromatic heterocycles. The molecule has 1 aliphatic rings. The molecule has 3 nitrogen and oxygen atoms in total. The van der Waals surface area contributed by atoms with Gasteiger partial charge in [0.15, 0.2) is 0 Å². The van der Waals surface area contributed by atoms with Crippen LogP contribution in [-0.4, -0.2) is 18.0 Å². The monoisotopic (exact) mass is 198 g/mol. The topological polar surface area (TPSA) is 55.1 Å². The van der Waals surface area contributed by atoms with Crippen molar-refractivity contribution in [2.45, 2.75) is 64.0 Å². The van der Waals surface area contributed by atoms with E-state index in [1.165, 1.54) is 38.5 Å². The Labute approximate surface area is 86.4 Å². The minimum Gasteiger partial charge on any atom is -0.368 e. The van der Waals surface area contributed by atoms with E-state index in [1.807, 2.05) is 6.92 Å². The SMILES string of the molecule is CCC(NC1CCCCCC1)C(N)=O. The molecule has 1 unspecified atom stereocenters. The van der Waals surface area contributed by atoms with Crippen LogP contribution >= 0.6 is 0 Å². The lowest BCUT2D eigenvalue weighted by Crippen LogP contribution is -2.45. The van der Waals surface area contributed by atoms with Crippen molar-refractivity contribution in [3.05, 3.63) is 0 Å². The lowest BCUT2D eigenvalue weighted by molar-refractivity contribution is -0.120. The normalized spacial score (nSPS) is 21.5. The Morgan fingerprint density at radius 2 is 1.93 bits per heavy atom. The number of rotatable bonds is 4. The number of nitrogens with two attached hydrogens (primary N) is 1. The van der Waals surface area contributed by atoms with Gasteiger partial charge in [-0.1, -0.05) is 32.6 Å². The van der Waals surface area contributed by atoms with E-state index in [-0.39, 0.29) is 11.9 Å². The average molecular weight is 198 g/mol. The highest BCUT2D eigenvalue weighted by Crippen LogP contribution is 2.17. The molecule has 3 heteroatoms. The molecule has 3 N–H and O–H groups in total. The van der Waals surface area contributed by atoms with Crippen LogP contribution < -0.4 is 11.1 Å². The first kappa shape index (κ1) is 11.5. The first-order valence-corrected chi connectivity index (χ1v) is 5.79. The summed E-state index contributed by atoms with van der Waals surface area (Å²) in [4.78, 5) is 11.0. The number of nitrogens with one attached hydrogen (secondary N) is 1. The zero-order valence-electron chi connectivity index (χ0n) is 9.09. The highest BCUT2D eigenvalue weighted by atomic mass is 16.1. The van der Waals surface area contributed by atoms with E-state index in [0.717, 1.165) is 6.42 Å². The van der Waals surface area contributed by atoms with E-state index in [0.29, 0.717) is 6.04 Å². The van der Waals surface area contributed by atoms with E-state index in [1.54, 1.807) is 0 Å². The molecule has 1 amide bonds. The molecule has 0 saturated heterocycles. The molecule has 0 spiro atoms. The highest BCUT2D eigenvalue weighted by Gasteiger charge is 2.18. The summed E-state index contributed by atoms with van der Waals surface area (Å²) in [7, 11) is 0. The smallest absolute Gasteiger partial charge is 0.234 e. The Morgan fingerprint density at radius 1 is 1.36 bits per heavy atom. The van der Waals surface area contributed by atoms with Crippen molar-refractivity contribution in [1.82, 2.24) is 5.32 Å². The predicted octanol–water partition coefficient (Wildman–Crippen LogP) is 1.56. The van der Waals surface area contributed by atoms with Crippen molar-refractivity contribution in [1.29, 1.82) is 0 Å². The number of primary amides is 1. The van der Waals surface area contributed by atoms with Crippen LogP contribution in [0.5, 0.6) is 0 Å². The molecule has 0 aromatic rings. The van der Waals surface area contributed by atoms with Crippen molar-refractivity contribution >= 4 is 5.91 Å². The van der Waals surface area contributed by atoms with Gasteiger partial charge in [0.05, 0.1) is 6.04 Å².